The van der Waals surface area contributed by atoms with Crippen LogP contribution >= 0.6 is 0 Å². The van der Waals surface area contributed by atoms with Gasteiger partial charge in [0.25, 0.3) is 5.56 Å². The molecule has 0 radical (unpaired) electrons. The van der Waals surface area contributed by atoms with Crippen molar-refractivity contribution in [3.05, 3.63) is 43.5 Å². The fraction of sp³-hybridized carbons (Fsp3) is 0.600. The van der Waals surface area contributed by atoms with Gasteiger partial charge in [0.2, 0.25) is 0 Å². The molecule has 1 rings (SSSR count). The number of aliphatic hydroxyl groups excluding tert-OH is 2. The van der Waals surface area contributed by atoms with Gasteiger partial charge in [-0.1, -0.05) is 5.11 Å². The van der Waals surface area contributed by atoms with Crippen LogP contribution in [0.1, 0.15) is 13.2 Å². The lowest BCUT2D eigenvalue weighted by atomic mass is 10.1. The Balaban J connectivity index is 3.11. The first-order valence-corrected chi connectivity index (χ1v) is 5.78. The van der Waals surface area contributed by atoms with Crippen LogP contribution in [0.2, 0.25) is 0 Å². The second kappa shape index (κ2) is 6.99. The molecule has 0 amide bonds. The number of ether oxygens (including phenoxy) is 1. The van der Waals surface area contributed by atoms with Crippen molar-refractivity contribution in [1.29, 1.82) is 0 Å². The molecule has 10 nitrogen and oxygen atoms in total. The first-order valence-electron chi connectivity index (χ1n) is 5.78. The molecule has 0 spiro atoms. The third-order valence-corrected chi connectivity index (χ3v) is 2.77. The normalized spacial score (nSPS) is 16.6. The van der Waals surface area contributed by atoms with Crippen molar-refractivity contribution in [2.45, 2.75) is 25.0 Å². The maximum atomic E-state index is 13.2. The quantitative estimate of drug-likeness (QED) is 0.348. The predicted molar refractivity (Wildman–Crippen MR) is 68.1 cm³/mol. The summed E-state index contributed by atoms with van der Waals surface area (Å²) in [6.45, 7) is -1.04. The minimum atomic E-state index is -2.22. The minimum absolute atomic E-state index is 0.628. The number of aromatic nitrogens is 2. The number of rotatable bonds is 7. The van der Waals surface area contributed by atoms with Gasteiger partial charge >= 0.3 is 5.69 Å². The van der Waals surface area contributed by atoms with Crippen LogP contribution in [0.4, 0.5) is 4.39 Å². The summed E-state index contributed by atoms with van der Waals surface area (Å²) in [7, 11) is 0. The van der Waals surface area contributed by atoms with Gasteiger partial charge in [0, 0.05) is 17.2 Å². The van der Waals surface area contributed by atoms with E-state index in [1.54, 1.807) is 0 Å². The number of halogens is 1. The summed E-state index contributed by atoms with van der Waals surface area (Å²) in [6.07, 6.45) is -2.05. The molecule has 0 saturated heterocycles. The third-order valence-electron chi connectivity index (χ3n) is 2.77. The monoisotopic (exact) mass is 303 g/mol. The molecule has 1 heterocycles. The predicted octanol–water partition coefficient (Wildman–Crippen LogP) is -0.599. The molecule has 0 bridgehead atoms. The van der Waals surface area contributed by atoms with Crippen molar-refractivity contribution in [2.75, 3.05) is 13.3 Å². The number of alkyl halides is 1. The van der Waals surface area contributed by atoms with Crippen LogP contribution in [0, 0.1) is 0 Å². The maximum absolute atomic E-state index is 13.2. The maximum Gasteiger partial charge on any atom is 0.330 e. The zero-order valence-electron chi connectivity index (χ0n) is 11.0. The number of aliphatic hydroxyl groups is 2. The van der Waals surface area contributed by atoms with Gasteiger partial charge in [-0.05, 0) is 12.5 Å². The van der Waals surface area contributed by atoms with Crippen molar-refractivity contribution >= 4 is 0 Å². The smallest absolute Gasteiger partial charge is 0.330 e. The van der Waals surface area contributed by atoms with Gasteiger partial charge in [-0.15, -0.1) is 0 Å². The molecule has 0 aromatic carbocycles. The standard InChI is InChI=1S/C10H14FN5O5/c1-6(16-3-2-7(18)13-9(16)20)21-10(4-11,5-17)8(19)14-15-12/h2-3,6,8,17,19H,4-5H2,1H3,(H,13,18,20)/t6-,8?,10-/m1/s1. The number of H-pyrrole nitrogens is 1. The first kappa shape index (κ1) is 16.9. The zero-order chi connectivity index (χ0) is 16.0. The molecule has 116 valence electrons. The van der Waals surface area contributed by atoms with E-state index in [2.05, 4.69) is 10.0 Å². The van der Waals surface area contributed by atoms with E-state index in [0.717, 1.165) is 16.8 Å². The number of azide groups is 1. The molecule has 3 atom stereocenters. The fourth-order valence-electron chi connectivity index (χ4n) is 1.59. The Bertz CT molecular complexity index is 633. The SMILES string of the molecule is C[C@@H](O[C@@](CO)(CF)C(O)N=[N+]=[N-])n1ccc(=O)[nH]c1=O. The lowest BCUT2D eigenvalue weighted by Crippen LogP contribution is -2.51. The molecule has 0 aliphatic carbocycles. The minimum Gasteiger partial charge on any atom is -0.393 e. The van der Waals surface area contributed by atoms with Gasteiger partial charge in [0.05, 0.1) is 6.61 Å². The van der Waals surface area contributed by atoms with Crippen LogP contribution in [-0.4, -0.2) is 44.9 Å². The van der Waals surface area contributed by atoms with Crippen LogP contribution < -0.4 is 11.2 Å². The van der Waals surface area contributed by atoms with Crippen molar-refractivity contribution in [3.63, 3.8) is 0 Å². The highest BCUT2D eigenvalue weighted by Gasteiger charge is 2.40. The molecule has 1 aromatic rings. The van der Waals surface area contributed by atoms with Gasteiger partial charge in [0.15, 0.2) is 11.8 Å². The van der Waals surface area contributed by atoms with E-state index in [1.165, 1.54) is 6.92 Å². The largest absolute Gasteiger partial charge is 0.393 e. The van der Waals surface area contributed by atoms with E-state index in [1.807, 2.05) is 4.98 Å². The average molecular weight is 303 g/mol. The molecule has 1 aromatic heterocycles. The van der Waals surface area contributed by atoms with Crippen LogP contribution in [0.15, 0.2) is 27.0 Å². The van der Waals surface area contributed by atoms with Gasteiger partial charge < -0.3 is 14.9 Å². The van der Waals surface area contributed by atoms with E-state index in [-0.39, 0.29) is 0 Å². The molecule has 1 unspecified atom stereocenters. The average Bonchev–Trinajstić information content (AvgIpc) is 2.44. The first-order chi connectivity index (χ1) is 9.90. The summed E-state index contributed by atoms with van der Waals surface area (Å²) in [5, 5.41) is 21.7. The molecule has 11 heteroatoms. The Morgan fingerprint density at radius 2 is 2.33 bits per heavy atom. The Kier molecular flexibility index (Phi) is 5.61. The summed E-state index contributed by atoms with van der Waals surface area (Å²) in [4.78, 5) is 26.8. The molecule has 21 heavy (non-hydrogen) atoms. The lowest BCUT2D eigenvalue weighted by Gasteiger charge is -2.34. The van der Waals surface area contributed by atoms with E-state index >= 15 is 0 Å². The van der Waals surface area contributed by atoms with Gasteiger partial charge in [-0.2, -0.15) is 0 Å². The molecule has 0 fully saturated rings. The summed E-state index contributed by atoms with van der Waals surface area (Å²) in [5.74, 6) is 0. The van der Waals surface area contributed by atoms with Crippen molar-refractivity contribution < 1.29 is 19.3 Å². The number of nitrogens with one attached hydrogen (secondary N) is 1. The Morgan fingerprint density at radius 1 is 1.67 bits per heavy atom. The zero-order valence-corrected chi connectivity index (χ0v) is 11.0. The summed E-state index contributed by atoms with van der Waals surface area (Å²) < 4.78 is 19.2. The van der Waals surface area contributed by atoms with E-state index in [9.17, 15) is 24.2 Å². The van der Waals surface area contributed by atoms with E-state index < -0.39 is 42.6 Å². The number of aromatic amines is 1. The molecule has 3 N–H and O–H groups in total. The molecular formula is C10H14FN5O5. The number of hydrogen-bond acceptors (Lipinski definition) is 6. The summed E-state index contributed by atoms with van der Waals surface area (Å²) in [5.41, 5.74) is 4.59. The van der Waals surface area contributed by atoms with E-state index in [0.29, 0.717) is 0 Å². The molecule has 0 aliphatic rings. The van der Waals surface area contributed by atoms with Crippen LogP contribution in [0.5, 0.6) is 0 Å². The summed E-state index contributed by atoms with van der Waals surface area (Å²) in [6, 6.07) is 1.04. The topological polar surface area (TPSA) is 153 Å². The van der Waals surface area contributed by atoms with Crippen LogP contribution in [0.3, 0.4) is 0 Å². The van der Waals surface area contributed by atoms with Crippen molar-refractivity contribution in [2.24, 2.45) is 5.11 Å². The van der Waals surface area contributed by atoms with Crippen LogP contribution in [0.25, 0.3) is 10.4 Å². The van der Waals surface area contributed by atoms with Gasteiger partial charge in [0.1, 0.15) is 12.9 Å². The fourth-order valence-corrected chi connectivity index (χ4v) is 1.59. The highest BCUT2D eigenvalue weighted by atomic mass is 19.1. The van der Waals surface area contributed by atoms with Crippen molar-refractivity contribution in [3.8, 4) is 0 Å². The van der Waals surface area contributed by atoms with E-state index in [4.69, 9.17) is 10.3 Å². The highest BCUT2D eigenvalue weighted by molar-refractivity contribution is 4.89. The third kappa shape index (κ3) is 3.67. The second-order valence-electron chi connectivity index (χ2n) is 4.17. The Labute approximate surface area is 117 Å². The number of hydrogen-bond donors (Lipinski definition) is 3. The molecular weight excluding hydrogens is 289 g/mol. The van der Waals surface area contributed by atoms with Gasteiger partial charge in [-0.25, -0.2) is 9.18 Å². The Hall–Kier alpha value is -2.20. The van der Waals surface area contributed by atoms with Crippen LogP contribution in [-0.2, 0) is 4.74 Å². The van der Waals surface area contributed by atoms with Gasteiger partial charge in [-0.3, -0.25) is 14.3 Å². The lowest BCUT2D eigenvalue weighted by molar-refractivity contribution is -0.198. The van der Waals surface area contributed by atoms with Crippen molar-refractivity contribution in [1.82, 2.24) is 9.55 Å². The highest BCUT2D eigenvalue weighted by Crippen LogP contribution is 2.24. The molecule has 0 aliphatic heterocycles. The Morgan fingerprint density at radius 3 is 2.81 bits per heavy atom. The summed E-state index contributed by atoms with van der Waals surface area (Å²) >= 11 is 0. The number of nitrogens with zero attached hydrogens (tertiary/aromatic N) is 4. The second-order valence-corrected chi connectivity index (χ2v) is 4.17. The molecule has 0 saturated carbocycles.